The van der Waals surface area contributed by atoms with Crippen LogP contribution >= 0.6 is 0 Å². The van der Waals surface area contributed by atoms with Gasteiger partial charge in [-0.25, -0.2) is 0 Å². The molecular formula is C54H43N. The van der Waals surface area contributed by atoms with Crippen LogP contribution in [0.15, 0.2) is 201 Å². The largest absolute Gasteiger partial charge is 0.309 e. The summed E-state index contributed by atoms with van der Waals surface area (Å²) in [5, 5.41) is 7.64. The second-order valence-electron chi connectivity index (χ2n) is 14.5. The van der Waals surface area contributed by atoms with Gasteiger partial charge in [-0.05, 0) is 116 Å². The van der Waals surface area contributed by atoms with Crippen molar-refractivity contribution in [1.82, 2.24) is 4.57 Å². The summed E-state index contributed by atoms with van der Waals surface area (Å²) < 4.78 is 2.43. The topological polar surface area (TPSA) is 4.93 Å². The van der Waals surface area contributed by atoms with Crippen LogP contribution in [0, 0.1) is 5.92 Å². The molecule has 0 fully saturated rings. The third kappa shape index (κ3) is 6.08. The van der Waals surface area contributed by atoms with Crippen molar-refractivity contribution < 1.29 is 0 Å². The third-order valence-corrected chi connectivity index (χ3v) is 10.9. The van der Waals surface area contributed by atoms with Crippen molar-refractivity contribution in [1.29, 1.82) is 0 Å². The monoisotopic (exact) mass is 705 g/mol. The molecule has 55 heavy (non-hydrogen) atoms. The lowest BCUT2D eigenvalue weighted by Crippen LogP contribution is -2.01. The van der Waals surface area contributed by atoms with E-state index in [0.29, 0.717) is 5.92 Å². The molecule has 8 aromatic carbocycles. The maximum Gasteiger partial charge on any atom is 0.0541 e. The standard InChI is InChI=1S/C51H37N.C3H6/c1-34-24-30-40(46(32-34)35-14-4-2-5-15-35)38-27-31-49-47(33-38)41-18-12-13-23-48(41)52(49)39-28-25-37(26-29-39)51-44-21-10-8-19-42(44)50(36-16-6-3-7-17-36)43-20-9-11-22-45(43)51;1-3-2/h2-23,25-34H,24H2,1H3;3H,1H2,2H3. The first kappa shape index (κ1) is 34.1. The average Bonchev–Trinajstić information content (AvgIpc) is 3.57. The Morgan fingerprint density at radius 3 is 1.51 bits per heavy atom. The van der Waals surface area contributed by atoms with E-state index < -0.39 is 0 Å². The minimum Gasteiger partial charge on any atom is -0.309 e. The molecule has 1 heterocycles. The number of hydrogen-bond acceptors (Lipinski definition) is 0. The zero-order valence-electron chi connectivity index (χ0n) is 31.4. The maximum absolute atomic E-state index is 3.36. The Hall–Kier alpha value is -6.70. The highest BCUT2D eigenvalue weighted by Gasteiger charge is 2.20. The Kier molecular flexibility index (Phi) is 9.06. The van der Waals surface area contributed by atoms with Crippen LogP contribution in [0.4, 0.5) is 0 Å². The molecule has 0 aliphatic heterocycles. The summed E-state index contributed by atoms with van der Waals surface area (Å²) >= 11 is 0. The number of para-hydroxylation sites is 1. The van der Waals surface area contributed by atoms with Gasteiger partial charge in [0.2, 0.25) is 0 Å². The van der Waals surface area contributed by atoms with Gasteiger partial charge in [0.05, 0.1) is 11.0 Å². The van der Waals surface area contributed by atoms with Gasteiger partial charge >= 0.3 is 0 Å². The minimum atomic E-state index is 0.519. The van der Waals surface area contributed by atoms with E-state index in [1.54, 1.807) is 6.08 Å². The van der Waals surface area contributed by atoms with Crippen LogP contribution in [-0.4, -0.2) is 4.57 Å². The van der Waals surface area contributed by atoms with E-state index in [1.165, 1.54) is 87.9 Å². The molecule has 9 aromatic rings. The quantitative estimate of drug-likeness (QED) is 0.124. The molecule has 1 unspecified atom stereocenters. The van der Waals surface area contributed by atoms with E-state index in [0.717, 1.165) is 12.1 Å². The van der Waals surface area contributed by atoms with E-state index in [4.69, 9.17) is 0 Å². The highest BCUT2D eigenvalue weighted by molar-refractivity contribution is 6.21. The van der Waals surface area contributed by atoms with Crippen molar-refractivity contribution in [3.05, 3.63) is 212 Å². The molecule has 1 aromatic heterocycles. The predicted molar refractivity (Wildman–Crippen MR) is 239 cm³/mol. The summed E-state index contributed by atoms with van der Waals surface area (Å²) in [5.41, 5.74) is 13.8. The van der Waals surface area contributed by atoms with Crippen molar-refractivity contribution in [2.45, 2.75) is 20.3 Å². The number of rotatable bonds is 5. The van der Waals surface area contributed by atoms with Gasteiger partial charge in [0.25, 0.3) is 0 Å². The molecule has 0 saturated carbocycles. The van der Waals surface area contributed by atoms with Gasteiger partial charge in [0, 0.05) is 16.5 Å². The Labute approximate surface area is 323 Å². The number of benzene rings is 8. The van der Waals surface area contributed by atoms with Crippen molar-refractivity contribution in [3.8, 4) is 27.9 Å². The summed E-state index contributed by atoms with van der Waals surface area (Å²) in [5.74, 6) is 0.519. The van der Waals surface area contributed by atoms with E-state index in [2.05, 4.69) is 206 Å². The maximum atomic E-state index is 3.36. The number of nitrogens with zero attached hydrogens (tertiary/aromatic N) is 1. The van der Waals surface area contributed by atoms with Gasteiger partial charge in [-0.15, -0.1) is 6.58 Å². The molecule has 1 heteroatoms. The second-order valence-corrected chi connectivity index (χ2v) is 14.5. The minimum absolute atomic E-state index is 0.519. The van der Waals surface area contributed by atoms with Crippen LogP contribution in [0.5, 0.6) is 0 Å². The first-order valence-electron chi connectivity index (χ1n) is 19.3. The fourth-order valence-corrected chi connectivity index (χ4v) is 8.55. The molecule has 0 saturated heterocycles. The zero-order chi connectivity index (χ0) is 37.3. The zero-order valence-corrected chi connectivity index (χ0v) is 31.4. The van der Waals surface area contributed by atoms with Crippen LogP contribution in [-0.2, 0) is 0 Å². The van der Waals surface area contributed by atoms with Crippen LogP contribution in [0.25, 0.3) is 82.4 Å². The Morgan fingerprint density at radius 1 is 0.473 bits per heavy atom. The van der Waals surface area contributed by atoms with Gasteiger partial charge in [-0.3, -0.25) is 0 Å². The van der Waals surface area contributed by atoms with E-state index in [-0.39, 0.29) is 0 Å². The Bertz CT molecular complexity index is 2850. The van der Waals surface area contributed by atoms with Crippen LogP contribution in [0.1, 0.15) is 31.4 Å². The van der Waals surface area contributed by atoms with Gasteiger partial charge in [-0.1, -0.05) is 171 Å². The van der Waals surface area contributed by atoms with Gasteiger partial charge in [-0.2, -0.15) is 0 Å². The number of aromatic nitrogens is 1. The van der Waals surface area contributed by atoms with Gasteiger partial charge < -0.3 is 4.57 Å². The fraction of sp³-hybridized carbons (Fsp3) is 0.0741. The van der Waals surface area contributed by atoms with E-state index >= 15 is 0 Å². The van der Waals surface area contributed by atoms with Crippen molar-refractivity contribution in [2.75, 3.05) is 0 Å². The summed E-state index contributed by atoms with van der Waals surface area (Å²) in [6.45, 7) is 7.56. The lowest BCUT2D eigenvalue weighted by atomic mass is 9.84. The van der Waals surface area contributed by atoms with Crippen LogP contribution in [0.3, 0.4) is 0 Å². The lowest BCUT2D eigenvalue weighted by molar-refractivity contribution is 0.742. The molecule has 264 valence electrons. The average molecular weight is 706 g/mol. The van der Waals surface area contributed by atoms with E-state index in [1.807, 2.05) is 6.92 Å². The Balaban J connectivity index is 0.00000128. The predicted octanol–water partition coefficient (Wildman–Crippen LogP) is 15.1. The molecule has 0 N–H and O–H groups in total. The Morgan fingerprint density at radius 2 is 0.927 bits per heavy atom. The van der Waals surface area contributed by atoms with Crippen molar-refractivity contribution in [3.63, 3.8) is 0 Å². The number of allylic oxidation sites excluding steroid dienone is 5. The number of hydrogen-bond donors (Lipinski definition) is 0. The van der Waals surface area contributed by atoms with E-state index in [9.17, 15) is 0 Å². The third-order valence-electron chi connectivity index (χ3n) is 10.9. The van der Waals surface area contributed by atoms with Crippen molar-refractivity contribution >= 4 is 54.5 Å². The molecule has 1 nitrogen and oxygen atoms in total. The summed E-state index contributed by atoms with van der Waals surface area (Å²) in [4.78, 5) is 0. The second kappa shape index (κ2) is 14.6. The molecule has 0 spiro atoms. The summed E-state index contributed by atoms with van der Waals surface area (Å²) in [7, 11) is 0. The molecular weight excluding hydrogens is 663 g/mol. The lowest BCUT2D eigenvalue weighted by Gasteiger charge is -2.21. The highest BCUT2D eigenvalue weighted by Crippen LogP contribution is 2.44. The first-order chi connectivity index (χ1) is 27.1. The summed E-state index contributed by atoms with van der Waals surface area (Å²) in [6, 6.07) is 64.5. The molecule has 0 bridgehead atoms. The molecule has 10 rings (SSSR count). The van der Waals surface area contributed by atoms with Crippen LogP contribution in [0.2, 0.25) is 0 Å². The smallest absolute Gasteiger partial charge is 0.0541 e. The summed E-state index contributed by atoms with van der Waals surface area (Å²) in [6.07, 6.45) is 7.69. The van der Waals surface area contributed by atoms with Crippen LogP contribution < -0.4 is 0 Å². The molecule has 1 atom stereocenters. The van der Waals surface area contributed by atoms with Gasteiger partial charge in [0.15, 0.2) is 0 Å². The SMILES string of the molecule is C=CC.CC1C=C(c2ccccc2)C(c2ccc3c(c2)c2ccccc2n3-c2ccc(-c3c4ccccc4c(-c4ccccc4)c4ccccc34)cc2)=CC1. The molecule has 0 radical (unpaired) electrons. The van der Waals surface area contributed by atoms with Crippen molar-refractivity contribution in [2.24, 2.45) is 5.92 Å². The normalized spacial score (nSPS) is 14.0. The molecule has 0 amide bonds. The highest BCUT2D eigenvalue weighted by atomic mass is 15.0. The van der Waals surface area contributed by atoms with Gasteiger partial charge in [0.1, 0.15) is 0 Å². The molecule has 1 aliphatic rings. The molecule has 1 aliphatic carbocycles. The first-order valence-corrected chi connectivity index (χ1v) is 19.3. The fourth-order valence-electron chi connectivity index (χ4n) is 8.55. The number of fused-ring (bicyclic) bond motifs is 5.